The number of ketones is 1. The summed E-state index contributed by atoms with van der Waals surface area (Å²) in [5.41, 5.74) is 1.25. The third-order valence-corrected chi connectivity index (χ3v) is 4.49. The van der Waals surface area contributed by atoms with Gasteiger partial charge in [-0.2, -0.15) is 0 Å². The highest BCUT2D eigenvalue weighted by atomic mass is 16.7. The number of ether oxygens (including phenoxy) is 2. The zero-order valence-electron chi connectivity index (χ0n) is 14.0. The van der Waals surface area contributed by atoms with E-state index >= 15 is 0 Å². The molecule has 0 aromatic heterocycles. The van der Waals surface area contributed by atoms with Crippen molar-refractivity contribution in [2.75, 3.05) is 38.2 Å². The number of nitrogens with one attached hydrogen (secondary N) is 1. The fourth-order valence-electron chi connectivity index (χ4n) is 3.33. The second-order valence-electron chi connectivity index (χ2n) is 6.43. The Morgan fingerprint density at radius 2 is 2.08 bits per heavy atom. The number of anilines is 1. The van der Waals surface area contributed by atoms with Crippen molar-refractivity contribution in [1.29, 1.82) is 0 Å². The van der Waals surface area contributed by atoms with Crippen LogP contribution in [0.25, 0.3) is 0 Å². The summed E-state index contributed by atoms with van der Waals surface area (Å²) in [5, 5.41) is 2.87. The Kier molecular flexibility index (Phi) is 5.60. The van der Waals surface area contributed by atoms with Gasteiger partial charge >= 0.3 is 0 Å². The van der Waals surface area contributed by atoms with E-state index in [2.05, 4.69) is 10.2 Å². The van der Waals surface area contributed by atoms with E-state index in [0.717, 1.165) is 25.9 Å². The molecule has 2 fully saturated rings. The molecule has 3 rings (SSSR count). The van der Waals surface area contributed by atoms with Gasteiger partial charge < -0.3 is 14.8 Å². The van der Waals surface area contributed by atoms with Crippen LogP contribution in [0.4, 0.5) is 5.69 Å². The van der Waals surface area contributed by atoms with Crippen LogP contribution in [0.3, 0.4) is 0 Å². The summed E-state index contributed by atoms with van der Waals surface area (Å²) in [4.78, 5) is 25.8. The molecule has 2 aliphatic heterocycles. The summed E-state index contributed by atoms with van der Waals surface area (Å²) in [7, 11) is 0. The average molecular weight is 332 g/mol. The van der Waals surface area contributed by atoms with E-state index in [-0.39, 0.29) is 18.0 Å². The summed E-state index contributed by atoms with van der Waals surface area (Å²) in [5.74, 6) is 0.251. The fraction of sp³-hybridized carbons (Fsp3) is 0.556. The molecule has 0 unspecified atom stereocenters. The van der Waals surface area contributed by atoms with Crippen molar-refractivity contribution in [1.82, 2.24) is 4.90 Å². The standard InChI is InChI=1S/C18H24N2O4/c1-13(21)14-4-2-6-16(10-14)19-17(22)12-20-7-3-5-15(11-20)18-23-8-9-24-18/h2,4,6,10,15,18H,3,5,7-9,11-12H2,1H3,(H,19,22)/t15-/m0/s1. The lowest BCUT2D eigenvalue weighted by Crippen LogP contribution is -2.44. The van der Waals surface area contributed by atoms with Crippen LogP contribution in [-0.4, -0.2) is 55.7 Å². The topological polar surface area (TPSA) is 67.9 Å². The number of hydrogen-bond donors (Lipinski definition) is 1. The molecule has 2 heterocycles. The molecule has 0 radical (unpaired) electrons. The van der Waals surface area contributed by atoms with E-state index in [1.54, 1.807) is 24.3 Å². The molecular formula is C18H24N2O4. The second kappa shape index (κ2) is 7.88. The van der Waals surface area contributed by atoms with Crippen LogP contribution in [0, 0.1) is 5.92 Å². The largest absolute Gasteiger partial charge is 0.350 e. The van der Waals surface area contributed by atoms with Gasteiger partial charge in [0.2, 0.25) is 5.91 Å². The van der Waals surface area contributed by atoms with Gasteiger partial charge in [-0.1, -0.05) is 12.1 Å². The van der Waals surface area contributed by atoms with Gasteiger partial charge in [0, 0.05) is 23.7 Å². The number of hydrogen-bond acceptors (Lipinski definition) is 5. The molecule has 1 aromatic carbocycles. The van der Waals surface area contributed by atoms with Crippen molar-refractivity contribution in [3.05, 3.63) is 29.8 Å². The molecule has 1 atom stereocenters. The van der Waals surface area contributed by atoms with Gasteiger partial charge in [0.05, 0.1) is 19.8 Å². The van der Waals surface area contributed by atoms with Crippen molar-refractivity contribution in [2.24, 2.45) is 5.92 Å². The first-order chi connectivity index (χ1) is 11.6. The first-order valence-electron chi connectivity index (χ1n) is 8.48. The van der Waals surface area contributed by atoms with Crippen molar-refractivity contribution in [2.45, 2.75) is 26.1 Å². The summed E-state index contributed by atoms with van der Waals surface area (Å²) >= 11 is 0. The van der Waals surface area contributed by atoms with Crippen molar-refractivity contribution in [3.8, 4) is 0 Å². The average Bonchev–Trinajstić information content (AvgIpc) is 3.09. The highest BCUT2D eigenvalue weighted by Gasteiger charge is 2.31. The predicted octanol–water partition coefficient (Wildman–Crippen LogP) is 1.91. The number of amides is 1. The van der Waals surface area contributed by atoms with Crippen LogP contribution in [0.15, 0.2) is 24.3 Å². The number of likely N-dealkylation sites (tertiary alicyclic amines) is 1. The van der Waals surface area contributed by atoms with Gasteiger partial charge in [0.15, 0.2) is 12.1 Å². The molecule has 1 N–H and O–H groups in total. The molecule has 2 aliphatic rings. The Bertz CT molecular complexity index is 598. The minimum atomic E-state index is -0.122. The van der Waals surface area contributed by atoms with Crippen LogP contribution in [0.5, 0.6) is 0 Å². The Balaban J connectivity index is 1.52. The first kappa shape index (κ1) is 17.1. The molecule has 6 nitrogen and oxygen atoms in total. The van der Waals surface area contributed by atoms with E-state index in [4.69, 9.17) is 9.47 Å². The monoisotopic (exact) mass is 332 g/mol. The molecule has 6 heteroatoms. The number of carbonyl (C=O) groups is 2. The third kappa shape index (κ3) is 4.41. The molecular weight excluding hydrogens is 308 g/mol. The lowest BCUT2D eigenvalue weighted by atomic mass is 9.97. The van der Waals surface area contributed by atoms with E-state index in [9.17, 15) is 9.59 Å². The van der Waals surface area contributed by atoms with Crippen LogP contribution in [0.1, 0.15) is 30.1 Å². The maximum Gasteiger partial charge on any atom is 0.238 e. The number of rotatable bonds is 5. The van der Waals surface area contributed by atoms with Gasteiger partial charge in [-0.25, -0.2) is 0 Å². The van der Waals surface area contributed by atoms with E-state index < -0.39 is 0 Å². The van der Waals surface area contributed by atoms with Crippen LogP contribution < -0.4 is 5.32 Å². The Hall–Kier alpha value is -1.76. The zero-order valence-corrected chi connectivity index (χ0v) is 14.0. The second-order valence-corrected chi connectivity index (χ2v) is 6.43. The molecule has 130 valence electrons. The molecule has 1 aromatic rings. The summed E-state index contributed by atoms with van der Waals surface area (Å²) < 4.78 is 11.2. The van der Waals surface area contributed by atoms with E-state index in [0.29, 0.717) is 36.9 Å². The third-order valence-electron chi connectivity index (χ3n) is 4.49. The zero-order chi connectivity index (χ0) is 16.9. The van der Waals surface area contributed by atoms with Gasteiger partial charge in [-0.3, -0.25) is 14.5 Å². The van der Waals surface area contributed by atoms with Crippen molar-refractivity contribution in [3.63, 3.8) is 0 Å². The smallest absolute Gasteiger partial charge is 0.238 e. The van der Waals surface area contributed by atoms with Crippen LogP contribution in [0.2, 0.25) is 0 Å². The molecule has 2 saturated heterocycles. The van der Waals surface area contributed by atoms with Crippen LogP contribution in [-0.2, 0) is 14.3 Å². The van der Waals surface area contributed by atoms with Gasteiger partial charge in [0.1, 0.15) is 0 Å². The van der Waals surface area contributed by atoms with Gasteiger partial charge in [0.25, 0.3) is 0 Å². The normalized spacial score (nSPS) is 22.5. The number of piperidine rings is 1. The maximum absolute atomic E-state index is 12.3. The van der Waals surface area contributed by atoms with Crippen LogP contribution >= 0.6 is 0 Å². The summed E-state index contributed by atoms with van der Waals surface area (Å²) in [6.45, 7) is 4.90. The minimum Gasteiger partial charge on any atom is -0.350 e. The highest BCUT2D eigenvalue weighted by molar-refractivity contribution is 5.97. The Labute approximate surface area is 142 Å². The van der Waals surface area contributed by atoms with Crippen molar-refractivity contribution < 1.29 is 19.1 Å². The fourth-order valence-corrected chi connectivity index (χ4v) is 3.33. The molecule has 1 amide bonds. The Morgan fingerprint density at radius 3 is 2.83 bits per heavy atom. The highest BCUT2D eigenvalue weighted by Crippen LogP contribution is 2.24. The van der Waals surface area contributed by atoms with E-state index in [1.165, 1.54) is 6.92 Å². The molecule has 0 spiro atoms. The van der Waals surface area contributed by atoms with Gasteiger partial charge in [-0.05, 0) is 38.4 Å². The first-order valence-corrected chi connectivity index (χ1v) is 8.48. The number of benzene rings is 1. The van der Waals surface area contributed by atoms with Gasteiger partial charge in [-0.15, -0.1) is 0 Å². The molecule has 24 heavy (non-hydrogen) atoms. The number of carbonyl (C=O) groups excluding carboxylic acids is 2. The Morgan fingerprint density at radius 1 is 1.29 bits per heavy atom. The lowest BCUT2D eigenvalue weighted by molar-refractivity contribution is -0.121. The summed E-state index contributed by atoms with van der Waals surface area (Å²) in [6.07, 6.45) is 1.99. The predicted molar refractivity (Wildman–Crippen MR) is 89.9 cm³/mol. The SMILES string of the molecule is CC(=O)c1cccc(NC(=O)CN2CCC[C@H](C3OCCO3)C2)c1. The van der Waals surface area contributed by atoms with Crippen molar-refractivity contribution >= 4 is 17.4 Å². The summed E-state index contributed by atoms with van der Waals surface area (Å²) in [6, 6.07) is 7.02. The molecule has 0 bridgehead atoms. The minimum absolute atomic E-state index is 0.0125. The number of Topliss-reactive ketones (excluding diaryl/α,β-unsaturated/α-hetero) is 1. The number of nitrogens with zero attached hydrogens (tertiary/aromatic N) is 1. The molecule has 0 saturated carbocycles. The quantitative estimate of drug-likeness (QED) is 0.834. The van der Waals surface area contributed by atoms with E-state index in [1.807, 2.05) is 0 Å². The molecule has 0 aliphatic carbocycles. The lowest BCUT2D eigenvalue weighted by Gasteiger charge is -2.34. The maximum atomic E-state index is 12.3.